The molecule has 0 saturated carbocycles. The fourth-order valence-electron chi connectivity index (χ4n) is 1.16. The lowest BCUT2D eigenvalue weighted by atomic mass is 10.4. The van der Waals surface area contributed by atoms with Gasteiger partial charge in [-0.05, 0) is 13.0 Å². The summed E-state index contributed by atoms with van der Waals surface area (Å²) in [7, 11) is 1.80. The number of hydrogen-bond donors (Lipinski definition) is 2. The van der Waals surface area contributed by atoms with Gasteiger partial charge >= 0.3 is 12.0 Å². The molecule has 0 aliphatic rings. The van der Waals surface area contributed by atoms with E-state index in [1.54, 1.807) is 30.9 Å². The molecule has 1 rings (SSSR count). The highest BCUT2D eigenvalue weighted by molar-refractivity contribution is 5.80. The highest BCUT2D eigenvalue weighted by Crippen LogP contribution is 1.92. The van der Waals surface area contributed by atoms with Crippen molar-refractivity contribution in [2.75, 3.05) is 13.2 Å². The van der Waals surface area contributed by atoms with Gasteiger partial charge in [0, 0.05) is 13.2 Å². The molecular formula is C10H16N4O3. The molecule has 0 fully saturated rings. The molecule has 0 aliphatic heterocycles. The molecule has 1 aromatic heterocycles. The lowest BCUT2D eigenvalue weighted by Gasteiger charge is -2.05. The third kappa shape index (κ3) is 5.01. The van der Waals surface area contributed by atoms with Crippen LogP contribution in [-0.2, 0) is 23.1 Å². The Hall–Kier alpha value is -2.05. The van der Waals surface area contributed by atoms with Gasteiger partial charge in [0.15, 0.2) is 0 Å². The third-order valence-corrected chi connectivity index (χ3v) is 1.90. The molecule has 0 atom stereocenters. The van der Waals surface area contributed by atoms with Crippen LogP contribution in [0.2, 0.25) is 0 Å². The number of urea groups is 1. The first-order chi connectivity index (χ1) is 8.11. The predicted molar refractivity (Wildman–Crippen MR) is 60.1 cm³/mol. The number of nitrogens with zero attached hydrogens (tertiary/aromatic N) is 2. The molecule has 0 radical (unpaired) electrons. The summed E-state index contributed by atoms with van der Waals surface area (Å²) in [6, 6.07) is 1.37. The normalized spacial score (nSPS) is 9.76. The fraction of sp³-hybridized carbons (Fsp3) is 0.500. The van der Waals surface area contributed by atoms with Crippen LogP contribution in [0.3, 0.4) is 0 Å². The number of amides is 2. The smallest absolute Gasteiger partial charge is 0.325 e. The summed E-state index contributed by atoms with van der Waals surface area (Å²) < 4.78 is 6.31. The third-order valence-electron chi connectivity index (χ3n) is 1.90. The zero-order valence-corrected chi connectivity index (χ0v) is 9.90. The first kappa shape index (κ1) is 13.0. The van der Waals surface area contributed by atoms with Crippen molar-refractivity contribution in [2.24, 2.45) is 7.05 Å². The second-order valence-corrected chi connectivity index (χ2v) is 3.32. The molecule has 0 aromatic carbocycles. The monoisotopic (exact) mass is 240 g/mol. The minimum Gasteiger partial charge on any atom is -0.465 e. The number of esters is 1. The van der Waals surface area contributed by atoms with E-state index in [1.165, 1.54) is 0 Å². The van der Waals surface area contributed by atoms with Crippen LogP contribution in [0.15, 0.2) is 12.3 Å². The largest absolute Gasteiger partial charge is 0.465 e. The van der Waals surface area contributed by atoms with Crippen LogP contribution in [-0.4, -0.2) is 34.9 Å². The molecule has 0 bridgehead atoms. The molecule has 1 aromatic rings. The Bertz CT molecular complexity index is 389. The number of hydrogen-bond acceptors (Lipinski definition) is 4. The van der Waals surface area contributed by atoms with Crippen molar-refractivity contribution >= 4 is 12.0 Å². The molecule has 2 N–H and O–H groups in total. The Balaban J connectivity index is 2.19. The van der Waals surface area contributed by atoms with Crippen molar-refractivity contribution in [1.82, 2.24) is 20.4 Å². The Labute approximate surface area is 99.1 Å². The van der Waals surface area contributed by atoms with E-state index in [4.69, 9.17) is 0 Å². The number of carbonyl (C=O) groups is 2. The summed E-state index contributed by atoms with van der Waals surface area (Å²) in [6.07, 6.45) is 1.79. The van der Waals surface area contributed by atoms with Crippen LogP contribution in [0.5, 0.6) is 0 Å². The number of aromatic nitrogens is 2. The van der Waals surface area contributed by atoms with Gasteiger partial charge in [0.2, 0.25) is 0 Å². The number of rotatable bonds is 5. The van der Waals surface area contributed by atoms with Crippen molar-refractivity contribution in [3.8, 4) is 0 Å². The van der Waals surface area contributed by atoms with E-state index < -0.39 is 12.0 Å². The molecule has 0 aliphatic carbocycles. The van der Waals surface area contributed by atoms with E-state index in [9.17, 15) is 9.59 Å². The first-order valence-corrected chi connectivity index (χ1v) is 5.27. The number of nitrogens with one attached hydrogen (secondary N) is 2. The Kier molecular flexibility index (Phi) is 4.99. The number of ether oxygens (including phenoxy) is 1. The molecular weight excluding hydrogens is 224 g/mol. The lowest BCUT2D eigenvalue weighted by Crippen LogP contribution is -2.38. The van der Waals surface area contributed by atoms with Crippen LogP contribution in [0, 0.1) is 0 Å². The molecule has 17 heavy (non-hydrogen) atoms. The summed E-state index contributed by atoms with van der Waals surface area (Å²) in [5.74, 6) is -0.458. The standard InChI is InChI=1S/C10H16N4O3/c1-3-17-9(15)7-12-10(16)11-6-8-4-5-14(2)13-8/h4-5H,3,6-7H2,1-2H3,(H2,11,12,16). The quantitative estimate of drug-likeness (QED) is 0.697. The zero-order valence-electron chi connectivity index (χ0n) is 9.90. The van der Waals surface area contributed by atoms with Gasteiger partial charge < -0.3 is 15.4 Å². The van der Waals surface area contributed by atoms with E-state index in [1.807, 2.05) is 0 Å². The van der Waals surface area contributed by atoms with E-state index in [-0.39, 0.29) is 6.54 Å². The van der Waals surface area contributed by atoms with Crippen LogP contribution in [0.25, 0.3) is 0 Å². The molecule has 94 valence electrons. The maximum Gasteiger partial charge on any atom is 0.325 e. The molecule has 0 saturated heterocycles. The van der Waals surface area contributed by atoms with Crippen molar-refractivity contribution < 1.29 is 14.3 Å². The average molecular weight is 240 g/mol. The molecule has 7 nitrogen and oxygen atoms in total. The maximum atomic E-state index is 11.3. The molecule has 0 unspecified atom stereocenters. The Morgan fingerprint density at radius 1 is 1.47 bits per heavy atom. The summed E-state index contributed by atoms with van der Waals surface area (Å²) in [5.41, 5.74) is 0.749. The van der Waals surface area contributed by atoms with Gasteiger partial charge in [-0.3, -0.25) is 9.48 Å². The van der Waals surface area contributed by atoms with Gasteiger partial charge in [0.25, 0.3) is 0 Å². The zero-order chi connectivity index (χ0) is 12.7. The van der Waals surface area contributed by atoms with Crippen LogP contribution in [0.1, 0.15) is 12.6 Å². The average Bonchev–Trinajstić information content (AvgIpc) is 2.70. The second kappa shape index (κ2) is 6.51. The van der Waals surface area contributed by atoms with Crippen molar-refractivity contribution in [2.45, 2.75) is 13.5 Å². The van der Waals surface area contributed by atoms with Crippen LogP contribution >= 0.6 is 0 Å². The molecule has 1 heterocycles. The van der Waals surface area contributed by atoms with Crippen LogP contribution < -0.4 is 10.6 Å². The summed E-state index contributed by atoms with van der Waals surface area (Å²) >= 11 is 0. The Morgan fingerprint density at radius 2 is 2.24 bits per heavy atom. The fourth-order valence-corrected chi connectivity index (χ4v) is 1.16. The summed E-state index contributed by atoms with van der Waals surface area (Å²) in [4.78, 5) is 22.2. The van der Waals surface area contributed by atoms with Crippen LogP contribution in [0.4, 0.5) is 4.79 Å². The first-order valence-electron chi connectivity index (χ1n) is 5.27. The summed E-state index contributed by atoms with van der Waals surface area (Å²) in [6.45, 7) is 2.19. The highest BCUT2D eigenvalue weighted by atomic mass is 16.5. The summed E-state index contributed by atoms with van der Waals surface area (Å²) in [5, 5.41) is 9.05. The lowest BCUT2D eigenvalue weighted by molar-refractivity contribution is -0.141. The topological polar surface area (TPSA) is 85.2 Å². The van der Waals surface area contributed by atoms with E-state index >= 15 is 0 Å². The highest BCUT2D eigenvalue weighted by Gasteiger charge is 2.05. The Morgan fingerprint density at radius 3 is 2.82 bits per heavy atom. The van der Waals surface area contributed by atoms with Crippen molar-refractivity contribution in [1.29, 1.82) is 0 Å². The molecule has 7 heteroatoms. The van der Waals surface area contributed by atoms with E-state index in [0.717, 1.165) is 5.69 Å². The minimum atomic E-state index is -0.458. The van der Waals surface area contributed by atoms with Gasteiger partial charge in [-0.25, -0.2) is 4.79 Å². The van der Waals surface area contributed by atoms with Crippen molar-refractivity contribution in [3.05, 3.63) is 18.0 Å². The van der Waals surface area contributed by atoms with E-state index in [2.05, 4.69) is 20.5 Å². The second-order valence-electron chi connectivity index (χ2n) is 3.32. The van der Waals surface area contributed by atoms with Crippen molar-refractivity contribution in [3.63, 3.8) is 0 Å². The van der Waals surface area contributed by atoms with Gasteiger partial charge in [-0.15, -0.1) is 0 Å². The SMILES string of the molecule is CCOC(=O)CNC(=O)NCc1ccn(C)n1. The van der Waals surface area contributed by atoms with Gasteiger partial charge in [-0.1, -0.05) is 0 Å². The van der Waals surface area contributed by atoms with Gasteiger partial charge in [-0.2, -0.15) is 5.10 Å². The minimum absolute atomic E-state index is 0.137. The molecule has 2 amide bonds. The van der Waals surface area contributed by atoms with Gasteiger partial charge in [0.05, 0.1) is 18.8 Å². The van der Waals surface area contributed by atoms with E-state index in [0.29, 0.717) is 13.2 Å². The maximum absolute atomic E-state index is 11.3. The predicted octanol–water partition coefficient (Wildman–Crippen LogP) is -0.218. The molecule has 0 spiro atoms. The number of aryl methyl sites for hydroxylation is 1. The number of carbonyl (C=O) groups excluding carboxylic acids is 2. The van der Waals surface area contributed by atoms with Gasteiger partial charge in [0.1, 0.15) is 6.54 Å².